The van der Waals surface area contributed by atoms with Gasteiger partial charge in [0.1, 0.15) is 23.4 Å². The van der Waals surface area contributed by atoms with E-state index in [1.807, 2.05) is 0 Å². The Kier molecular flexibility index (Phi) is 4.60. The van der Waals surface area contributed by atoms with E-state index in [1.54, 1.807) is 48.7 Å². The highest BCUT2D eigenvalue weighted by atomic mass is 32.1. The molecule has 2 aromatic heterocycles. The van der Waals surface area contributed by atoms with Gasteiger partial charge < -0.3 is 14.4 Å². The van der Waals surface area contributed by atoms with E-state index < -0.39 is 23.5 Å². The lowest BCUT2D eigenvalue weighted by Gasteiger charge is -2.25. The molecule has 1 amide bonds. The van der Waals surface area contributed by atoms with Crippen molar-refractivity contribution < 1.29 is 23.5 Å². The molecule has 0 bridgehead atoms. The molecular weight excluding hydrogens is 381 g/mol. The molecule has 3 heterocycles. The average molecular weight is 397 g/mol. The summed E-state index contributed by atoms with van der Waals surface area (Å²) in [5.41, 5.74) is 0.657. The van der Waals surface area contributed by atoms with E-state index in [1.165, 1.54) is 28.4 Å². The van der Waals surface area contributed by atoms with E-state index in [2.05, 4.69) is 0 Å². The number of furan rings is 1. The van der Waals surface area contributed by atoms with Crippen LogP contribution in [0.25, 0.3) is 0 Å². The maximum Gasteiger partial charge on any atom is 0.290 e. The largest absolute Gasteiger partial charge is 0.503 e. The number of aliphatic hydroxyl groups excluding tert-OH is 1. The zero-order valence-corrected chi connectivity index (χ0v) is 15.7. The van der Waals surface area contributed by atoms with E-state index >= 15 is 0 Å². The van der Waals surface area contributed by atoms with E-state index in [0.717, 1.165) is 0 Å². The van der Waals surface area contributed by atoms with Crippen molar-refractivity contribution in [3.63, 3.8) is 0 Å². The van der Waals surface area contributed by atoms with Gasteiger partial charge in [-0.25, -0.2) is 4.39 Å². The normalized spacial score (nSPS) is 16.9. The van der Waals surface area contributed by atoms with Crippen molar-refractivity contribution in [2.75, 3.05) is 0 Å². The number of aliphatic hydroxyl groups is 1. The van der Waals surface area contributed by atoms with Gasteiger partial charge in [0.25, 0.3) is 5.91 Å². The standard InChI is InChI=1S/C21H16FNO4S/c1-12-4-9-15(27-12)18-17(19(24)16-3-2-10-28-16)20(25)21(26)23(18)11-13-5-7-14(22)8-6-13/h2-10,18,25H,11H2,1H3. The zero-order valence-electron chi connectivity index (χ0n) is 14.9. The summed E-state index contributed by atoms with van der Waals surface area (Å²) < 4.78 is 18.9. The molecule has 1 aliphatic heterocycles. The third kappa shape index (κ3) is 3.14. The number of carbonyl (C=O) groups excluding carboxylic acids is 2. The van der Waals surface area contributed by atoms with Crippen molar-refractivity contribution in [1.82, 2.24) is 4.90 Å². The molecule has 0 saturated carbocycles. The fraction of sp³-hybridized carbons (Fsp3) is 0.143. The highest BCUT2D eigenvalue weighted by Crippen LogP contribution is 2.40. The van der Waals surface area contributed by atoms with E-state index in [0.29, 0.717) is 22.0 Å². The van der Waals surface area contributed by atoms with Crippen molar-refractivity contribution in [2.24, 2.45) is 0 Å². The fourth-order valence-electron chi connectivity index (χ4n) is 3.27. The van der Waals surface area contributed by atoms with Crippen LogP contribution in [0.1, 0.15) is 32.8 Å². The molecule has 0 radical (unpaired) electrons. The average Bonchev–Trinajstić information content (AvgIpc) is 3.40. The number of carbonyl (C=O) groups is 2. The summed E-state index contributed by atoms with van der Waals surface area (Å²) in [6.45, 7) is 1.85. The van der Waals surface area contributed by atoms with Gasteiger partial charge in [0.15, 0.2) is 5.76 Å². The molecule has 1 atom stereocenters. The maximum absolute atomic E-state index is 13.2. The van der Waals surface area contributed by atoms with Crippen molar-refractivity contribution >= 4 is 23.0 Å². The molecule has 1 unspecified atom stereocenters. The molecule has 0 saturated heterocycles. The molecule has 0 aliphatic carbocycles. The predicted octanol–water partition coefficient (Wildman–Crippen LogP) is 4.57. The number of nitrogens with zero attached hydrogens (tertiary/aromatic N) is 1. The number of thiophene rings is 1. The summed E-state index contributed by atoms with van der Waals surface area (Å²) >= 11 is 1.23. The number of ketones is 1. The second-order valence-corrected chi connectivity index (χ2v) is 7.43. The summed E-state index contributed by atoms with van der Waals surface area (Å²) in [5.74, 6) is -1.04. The van der Waals surface area contributed by atoms with E-state index in [9.17, 15) is 19.1 Å². The quantitative estimate of drug-likeness (QED) is 0.641. The molecule has 5 nitrogen and oxygen atoms in total. The van der Waals surface area contributed by atoms with Gasteiger partial charge in [-0.2, -0.15) is 0 Å². The Morgan fingerprint density at radius 1 is 1.21 bits per heavy atom. The molecule has 28 heavy (non-hydrogen) atoms. The van der Waals surface area contributed by atoms with Crippen LogP contribution in [0.3, 0.4) is 0 Å². The van der Waals surface area contributed by atoms with Gasteiger partial charge in [0.05, 0.1) is 10.5 Å². The second kappa shape index (κ2) is 7.09. The van der Waals surface area contributed by atoms with Gasteiger partial charge in [-0.15, -0.1) is 11.3 Å². The molecule has 0 fully saturated rings. The third-order valence-corrected chi connectivity index (χ3v) is 5.46. The topological polar surface area (TPSA) is 70.8 Å². The van der Waals surface area contributed by atoms with Gasteiger partial charge >= 0.3 is 0 Å². The minimum atomic E-state index is -0.860. The monoisotopic (exact) mass is 397 g/mol. The molecular formula is C21H16FNO4S. The first kappa shape index (κ1) is 18.2. The molecule has 4 rings (SSSR count). The Morgan fingerprint density at radius 3 is 2.57 bits per heavy atom. The number of rotatable bonds is 5. The van der Waals surface area contributed by atoms with E-state index in [-0.39, 0.29) is 17.9 Å². The lowest BCUT2D eigenvalue weighted by Crippen LogP contribution is -2.30. The van der Waals surface area contributed by atoms with Gasteiger partial charge in [0, 0.05) is 6.54 Å². The minimum Gasteiger partial charge on any atom is -0.503 e. The molecule has 1 aliphatic rings. The first-order chi connectivity index (χ1) is 13.5. The van der Waals surface area contributed by atoms with Crippen LogP contribution in [0, 0.1) is 12.7 Å². The summed E-state index contributed by atoms with van der Waals surface area (Å²) in [4.78, 5) is 27.6. The number of benzene rings is 1. The van der Waals surface area contributed by atoms with Crippen molar-refractivity contribution in [2.45, 2.75) is 19.5 Å². The van der Waals surface area contributed by atoms with Crippen LogP contribution in [0.15, 0.2) is 69.7 Å². The molecule has 1 N–H and O–H groups in total. The first-order valence-corrected chi connectivity index (χ1v) is 9.46. The molecule has 7 heteroatoms. The number of hydrogen-bond acceptors (Lipinski definition) is 5. The number of amides is 1. The third-order valence-electron chi connectivity index (χ3n) is 4.59. The second-order valence-electron chi connectivity index (χ2n) is 6.48. The fourth-order valence-corrected chi connectivity index (χ4v) is 3.95. The minimum absolute atomic E-state index is 0.0103. The molecule has 142 valence electrons. The lowest BCUT2D eigenvalue weighted by atomic mass is 10.00. The molecule has 3 aromatic rings. The van der Waals surface area contributed by atoms with Crippen molar-refractivity contribution in [1.29, 1.82) is 0 Å². The van der Waals surface area contributed by atoms with Crippen LogP contribution in [0.5, 0.6) is 0 Å². The van der Waals surface area contributed by atoms with Crippen LogP contribution in [0.2, 0.25) is 0 Å². The number of Topliss-reactive ketones (excluding diaryl/α,β-unsaturated/α-hetero) is 1. The Bertz CT molecular complexity index is 1070. The van der Waals surface area contributed by atoms with Gasteiger partial charge in [-0.1, -0.05) is 18.2 Å². The number of halogens is 1. The van der Waals surface area contributed by atoms with Crippen LogP contribution in [0.4, 0.5) is 4.39 Å². The summed E-state index contributed by atoms with van der Waals surface area (Å²) in [6, 6.07) is 11.6. The van der Waals surface area contributed by atoms with Gasteiger partial charge in [0.2, 0.25) is 5.78 Å². The van der Waals surface area contributed by atoms with Crippen molar-refractivity contribution in [3.8, 4) is 0 Å². The van der Waals surface area contributed by atoms with E-state index in [4.69, 9.17) is 4.42 Å². The number of aryl methyl sites for hydroxylation is 1. The highest BCUT2D eigenvalue weighted by molar-refractivity contribution is 7.12. The molecule has 0 spiro atoms. The Morgan fingerprint density at radius 2 is 1.96 bits per heavy atom. The van der Waals surface area contributed by atoms with Gasteiger partial charge in [-0.3, -0.25) is 9.59 Å². The summed E-state index contributed by atoms with van der Waals surface area (Å²) in [7, 11) is 0. The number of hydrogen-bond donors (Lipinski definition) is 1. The van der Waals surface area contributed by atoms with Crippen LogP contribution >= 0.6 is 11.3 Å². The van der Waals surface area contributed by atoms with Crippen LogP contribution in [-0.4, -0.2) is 21.7 Å². The Hall–Kier alpha value is -3.19. The lowest BCUT2D eigenvalue weighted by molar-refractivity contribution is -0.130. The van der Waals surface area contributed by atoms with Crippen LogP contribution < -0.4 is 0 Å². The summed E-state index contributed by atoms with van der Waals surface area (Å²) in [6.07, 6.45) is 0. The zero-order chi connectivity index (χ0) is 19.8. The SMILES string of the molecule is Cc1ccc(C2C(C(=O)c3cccs3)=C(O)C(=O)N2Cc2ccc(F)cc2)o1. The highest BCUT2D eigenvalue weighted by Gasteiger charge is 2.45. The van der Waals surface area contributed by atoms with Crippen LogP contribution in [-0.2, 0) is 11.3 Å². The smallest absolute Gasteiger partial charge is 0.290 e. The maximum atomic E-state index is 13.2. The van der Waals surface area contributed by atoms with Crippen molar-refractivity contribution in [3.05, 3.63) is 93.0 Å². The molecule has 1 aromatic carbocycles. The Labute approximate surface area is 164 Å². The predicted molar refractivity (Wildman–Crippen MR) is 101 cm³/mol. The Balaban J connectivity index is 1.77. The van der Waals surface area contributed by atoms with Gasteiger partial charge in [-0.05, 0) is 48.2 Å². The summed E-state index contributed by atoms with van der Waals surface area (Å²) in [5, 5.41) is 12.3. The first-order valence-electron chi connectivity index (χ1n) is 8.59.